The fraction of sp³-hybridized carbons (Fsp3) is 0.320. The number of para-hydroxylation sites is 1. The van der Waals surface area contributed by atoms with Crippen LogP contribution in [-0.2, 0) is 11.2 Å². The van der Waals surface area contributed by atoms with E-state index >= 15 is 0 Å². The molecule has 0 radical (unpaired) electrons. The summed E-state index contributed by atoms with van der Waals surface area (Å²) in [6.07, 6.45) is 6.15. The Hall–Kier alpha value is -3.61. The van der Waals surface area contributed by atoms with Crippen LogP contribution in [0.25, 0.3) is 5.69 Å². The van der Waals surface area contributed by atoms with Crippen LogP contribution in [-0.4, -0.2) is 46.3 Å². The molecule has 166 valence electrons. The molecule has 1 fully saturated rings. The van der Waals surface area contributed by atoms with Gasteiger partial charge in [-0.25, -0.2) is 9.48 Å². The SMILES string of the molecule is Cc1cccc(NC(=O)N2CCCC(C(=O)NCCc3cnn(-c4ccccc4)c3)C2)c1. The smallest absolute Gasteiger partial charge is 0.321 e. The highest BCUT2D eigenvalue weighted by atomic mass is 16.2. The fourth-order valence-corrected chi connectivity index (χ4v) is 3.99. The monoisotopic (exact) mass is 431 g/mol. The summed E-state index contributed by atoms with van der Waals surface area (Å²) in [5.74, 6) is -0.174. The van der Waals surface area contributed by atoms with Gasteiger partial charge in [0.15, 0.2) is 0 Å². The third kappa shape index (κ3) is 5.55. The summed E-state index contributed by atoms with van der Waals surface area (Å²) in [5, 5.41) is 10.4. The highest BCUT2D eigenvalue weighted by Gasteiger charge is 2.28. The molecule has 1 saturated heterocycles. The van der Waals surface area contributed by atoms with Crippen molar-refractivity contribution in [3.63, 3.8) is 0 Å². The van der Waals surface area contributed by atoms with Crippen LogP contribution in [0.5, 0.6) is 0 Å². The van der Waals surface area contributed by atoms with Gasteiger partial charge in [0, 0.05) is 31.5 Å². The first kappa shape index (κ1) is 21.6. The normalized spacial score (nSPS) is 15.9. The van der Waals surface area contributed by atoms with Gasteiger partial charge in [-0.05, 0) is 61.6 Å². The van der Waals surface area contributed by atoms with Crippen LogP contribution in [0.4, 0.5) is 10.5 Å². The van der Waals surface area contributed by atoms with Gasteiger partial charge < -0.3 is 15.5 Å². The molecular formula is C25H29N5O2. The van der Waals surface area contributed by atoms with Crippen molar-refractivity contribution < 1.29 is 9.59 Å². The number of nitrogens with zero attached hydrogens (tertiary/aromatic N) is 3. The third-order valence-electron chi connectivity index (χ3n) is 5.72. The maximum absolute atomic E-state index is 12.7. The number of carbonyl (C=O) groups excluding carboxylic acids is 2. The van der Waals surface area contributed by atoms with Crippen molar-refractivity contribution in [2.75, 3.05) is 25.0 Å². The number of hydrogen-bond acceptors (Lipinski definition) is 3. The number of aromatic nitrogens is 2. The van der Waals surface area contributed by atoms with Crippen molar-refractivity contribution in [2.45, 2.75) is 26.2 Å². The summed E-state index contributed by atoms with van der Waals surface area (Å²) in [7, 11) is 0. The molecular weight excluding hydrogens is 402 g/mol. The van der Waals surface area contributed by atoms with Crippen LogP contribution < -0.4 is 10.6 Å². The number of amides is 3. The van der Waals surface area contributed by atoms with E-state index in [2.05, 4.69) is 15.7 Å². The van der Waals surface area contributed by atoms with E-state index in [-0.39, 0.29) is 17.9 Å². The minimum atomic E-state index is -0.181. The van der Waals surface area contributed by atoms with Crippen molar-refractivity contribution >= 4 is 17.6 Å². The number of piperidine rings is 1. The molecule has 1 aliphatic heterocycles. The zero-order valence-electron chi connectivity index (χ0n) is 18.3. The molecule has 2 aromatic carbocycles. The van der Waals surface area contributed by atoms with Crippen LogP contribution in [0.1, 0.15) is 24.0 Å². The molecule has 1 aliphatic rings. The number of urea groups is 1. The fourth-order valence-electron chi connectivity index (χ4n) is 3.99. The first-order valence-electron chi connectivity index (χ1n) is 11.1. The van der Waals surface area contributed by atoms with Crippen molar-refractivity contribution in [3.05, 3.63) is 78.1 Å². The molecule has 7 heteroatoms. The van der Waals surface area contributed by atoms with Gasteiger partial charge >= 0.3 is 6.03 Å². The Labute approximate surface area is 188 Å². The summed E-state index contributed by atoms with van der Waals surface area (Å²) in [4.78, 5) is 27.1. The van der Waals surface area contributed by atoms with Crippen LogP contribution in [0.15, 0.2) is 67.0 Å². The molecule has 1 unspecified atom stereocenters. The lowest BCUT2D eigenvalue weighted by Crippen LogP contribution is -2.47. The lowest BCUT2D eigenvalue weighted by molar-refractivity contribution is -0.126. The molecule has 0 saturated carbocycles. The maximum Gasteiger partial charge on any atom is 0.321 e. The molecule has 0 aliphatic carbocycles. The Morgan fingerprint density at radius 3 is 2.78 bits per heavy atom. The van der Waals surface area contributed by atoms with Gasteiger partial charge in [0.05, 0.1) is 17.8 Å². The van der Waals surface area contributed by atoms with Crippen molar-refractivity contribution in [3.8, 4) is 5.69 Å². The highest BCUT2D eigenvalue weighted by Crippen LogP contribution is 2.18. The molecule has 0 bridgehead atoms. The van der Waals surface area contributed by atoms with Gasteiger partial charge in [-0.3, -0.25) is 4.79 Å². The van der Waals surface area contributed by atoms with E-state index in [1.54, 1.807) is 4.90 Å². The van der Waals surface area contributed by atoms with E-state index in [0.717, 1.165) is 35.3 Å². The number of anilines is 1. The second-order valence-corrected chi connectivity index (χ2v) is 8.25. The Balaban J connectivity index is 1.25. The molecule has 0 spiro atoms. The van der Waals surface area contributed by atoms with Crippen molar-refractivity contribution in [1.29, 1.82) is 0 Å². The van der Waals surface area contributed by atoms with Gasteiger partial charge in [0.25, 0.3) is 0 Å². The molecule has 7 nitrogen and oxygen atoms in total. The number of likely N-dealkylation sites (tertiary alicyclic amines) is 1. The maximum atomic E-state index is 12.7. The van der Waals surface area contributed by atoms with Gasteiger partial charge in [0.1, 0.15) is 0 Å². The predicted molar refractivity (Wildman–Crippen MR) is 125 cm³/mol. The van der Waals surface area contributed by atoms with E-state index in [1.165, 1.54) is 0 Å². The number of benzene rings is 2. The third-order valence-corrected chi connectivity index (χ3v) is 5.72. The highest BCUT2D eigenvalue weighted by molar-refractivity contribution is 5.90. The summed E-state index contributed by atoms with van der Waals surface area (Å²) >= 11 is 0. The Morgan fingerprint density at radius 2 is 1.97 bits per heavy atom. The van der Waals surface area contributed by atoms with Gasteiger partial charge in [-0.2, -0.15) is 5.10 Å². The van der Waals surface area contributed by atoms with Crippen LogP contribution in [0.2, 0.25) is 0 Å². The Kier molecular flexibility index (Phi) is 6.84. The average Bonchev–Trinajstić information content (AvgIpc) is 3.29. The molecule has 1 atom stereocenters. The van der Waals surface area contributed by atoms with Crippen LogP contribution >= 0.6 is 0 Å². The number of aryl methyl sites for hydroxylation is 1. The molecule has 4 rings (SSSR count). The molecule has 32 heavy (non-hydrogen) atoms. The molecule has 2 N–H and O–H groups in total. The zero-order valence-corrected chi connectivity index (χ0v) is 18.3. The zero-order chi connectivity index (χ0) is 22.3. The van der Waals surface area contributed by atoms with E-state index in [9.17, 15) is 9.59 Å². The first-order chi connectivity index (χ1) is 15.6. The quantitative estimate of drug-likeness (QED) is 0.623. The van der Waals surface area contributed by atoms with Gasteiger partial charge in [-0.1, -0.05) is 30.3 Å². The lowest BCUT2D eigenvalue weighted by Gasteiger charge is -2.32. The average molecular weight is 432 g/mol. The van der Waals surface area contributed by atoms with E-state index < -0.39 is 0 Å². The molecule has 1 aromatic heterocycles. The molecule has 3 aromatic rings. The van der Waals surface area contributed by atoms with Gasteiger partial charge in [0.2, 0.25) is 5.91 Å². The second kappa shape index (κ2) is 10.1. The summed E-state index contributed by atoms with van der Waals surface area (Å²) in [6, 6.07) is 17.5. The minimum absolute atomic E-state index is 0.00788. The molecule has 3 amide bonds. The molecule has 2 heterocycles. The number of nitrogens with one attached hydrogen (secondary N) is 2. The Morgan fingerprint density at radius 1 is 1.12 bits per heavy atom. The number of hydrogen-bond donors (Lipinski definition) is 2. The largest absolute Gasteiger partial charge is 0.355 e. The second-order valence-electron chi connectivity index (χ2n) is 8.25. The topological polar surface area (TPSA) is 79.3 Å². The summed E-state index contributed by atoms with van der Waals surface area (Å²) < 4.78 is 1.84. The Bertz CT molecular complexity index is 1060. The first-order valence-corrected chi connectivity index (χ1v) is 11.1. The van der Waals surface area contributed by atoms with Crippen LogP contribution in [0, 0.1) is 12.8 Å². The van der Waals surface area contributed by atoms with E-state index in [0.29, 0.717) is 26.1 Å². The number of carbonyl (C=O) groups is 2. The van der Waals surface area contributed by atoms with Gasteiger partial charge in [-0.15, -0.1) is 0 Å². The number of rotatable bonds is 6. The lowest BCUT2D eigenvalue weighted by atomic mass is 9.97. The van der Waals surface area contributed by atoms with E-state index in [4.69, 9.17) is 0 Å². The summed E-state index contributed by atoms with van der Waals surface area (Å²) in [5.41, 5.74) is 3.94. The standard InChI is InChI=1S/C25H29N5O2/c1-19-7-5-9-22(15-19)28-25(32)29-14-6-8-21(18-29)24(31)26-13-12-20-16-27-30(17-20)23-10-3-2-4-11-23/h2-5,7,9-11,15-17,21H,6,8,12-14,18H2,1H3,(H,26,31)(H,28,32). The van der Waals surface area contributed by atoms with Crippen molar-refractivity contribution in [2.24, 2.45) is 5.92 Å². The predicted octanol–water partition coefficient (Wildman–Crippen LogP) is 3.78. The van der Waals surface area contributed by atoms with Crippen LogP contribution in [0.3, 0.4) is 0 Å². The van der Waals surface area contributed by atoms with E-state index in [1.807, 2.05) is 78.6 Å². The van der Waals surface area contributed by atoms with Crippen molar-refractivity contribution in [1.82, 2.24) is 20.0 Å². The summed E-state index contributed by atoms with van der Waals surface area (Å²) in [6.45, 7) is 3.64. The minimum Gasteiger partial charge on any atom is -0.355 e.